The summed E-state index contributed by atoms with van der Waals surface area (Å²) < 4.78 is 33.0. The molecule has 0 bridgehead atoms. The van der Waals surface area contributed by atoms with Crippen molar-refractivity contribution in [3.63, 3.8) is 0 Å². The van der Waals surface area contributed by atoms with Gasteiger partial charge < -0.3 is 14.9 Å². The number of phenolic OH excluding ortho intramolecular Hbond substituents is 1. The Balaban J connectivity index is 1.73. The Bertz CT molecular complexity index is 1170. The number of carboxylic acid groups (broad SMARTS) is 1. The number of ether oxygens (including phenoxy) is 1. The fourth-order valence-corrected chi connectivity index (χ4v) is 5.30. The largest absolute Gasteiger partial charge is 0.507 e. The molecule has 2 aromatic rings. The SMILES string of the molecule is CCCc1c(OCCN(C)S(=O)(=O)c2ccc3c(c2)C(C(=O)O)CC3)ccc(C(C)=O)c1O. The van der Waals surface area contributed by atoms with Crippen molar-refractivity contribution in [3.05, 3.63) is 52.6 Å². The van der Waals surface area contributed by atoms with E-state index in [1.54, 1.807) is 12.1 Å². The molecule has 33 heavy (non-hydrogen) atoms. The minimum Gasteiger partial charge on any atom is -0.507 e. The minimum atomic E-state index is -3.84. The summed E-state index contributed by atoms with van der Waals surface area (Å²) in [6.45, 7) is 3.40. The lowest BCUT2D eigenvalue weighted by atomic mass is 10.0. The van der Waals surface area contributed by atoms with E-state index < -0.39 is 21.9 Å². The molecule has 0 aromatic heterocycles. The van der Waals surface area contributed by atoms with Gasteiger partial charge in [-0.3, -0.25) is 9.59 Å². The van der Waals surface area contributed by atoms with E-state index in [0.29, 0.717) is 36.1 Å². The molecule has 3 rings (SSSR count). The van der Waals surface area contributed by atoms with Crippen LogP contribution in [0.25, 0.3) is 0 Å². The van der Waals surface area contributed by atoms with Gasteiger partial charge in [0, 0.05) is 19.2 Å². The first-order valence-corrected chi connectivity index (χ1v) is 12.3. The van der Waals surface area contributed by atoms with Gasteiger partial charge in [-0.05, 0) is 61.6 Å². The number of nitrogens with zero attached hydrogens (tertiary/aromatic N) is 1. The minimum absolute atomic E-state index is 0.0357. The zero-order chi connectivity index (χ0) is 24.3. The van der Waals surface area contributed by atoms with Crippen molar-refractivity contribution < 1.29 is 33.0 Å². The molecule has 2 aromatic carbocycles. The van der Waals surface area contributed by atoms with Gasteiger partial charge in [-0.15, -0.1) is 0 Å². The zero-order valence-corrected chi connectivity index (χ0v) is 19.8. The lowest BCUT2D eigenvalue weighted by Crippen LogP contribution is -2.31. The monoisotopic (exact) mass is 475 g/mol. The first-order chi connectivity index (χ1) is 15.6. The Morgan fingerprint density at radius 3 is 2.58 bits per heavy atom. The normalized spacial score (nSPS) is 15.5. The van der Waals surface area contributed by atoms with Gasteiger partial charge in [-0.1, -0.05) is 19.4 Å². The highest BCUT2D eigenvalue weighted by Crippen LogP contribution is 2.35. The molecule has 0 radical (unpaired) electrons. The van der Waals surface area contributed by atoms with Crippen molar-refractivity contribution in [2.45, 2.75) is 50.3 Å². The fourth-order valence-electron chi connectivity index (χ4n) is 4.11. The average molecular weight is 476 g/mol. The standard InChI is InChI=1S/C24H29NO7S/c1-4-5-20-22(11-10-18(15(2)26)23(20)27)32-13-12-25(3)33(30,31)17-8-6-16-7-9-19(24(28)29)21(16)14-17/h6,8,10-11,14,19,27H,4-5,7,9,12-13H2,1-3H3,(H,28,29). The van der Waals surface area contributed by atoms with Crippen molar-refractivity contribution >= 4 is 21.8 Å². The Kier molecular flexibility index (Phi) is 7.44. The van der Waals surface area contributed by atoms with Gasteiger partial charge in [0.1, 0.15) is 18.1 Å². The maximum absolute atomic E-state index is 13.0. The van der Waals surface area contributed by atoms with Gasteiger partial charge in [-0.2, -0.15) is 4.31 Å². The average Bonchev–Trinajstić information content (AvgIpc) is 3.19. The van der Waals surface area contributed by atoms with Crippen molar-refractivity contribution in [1.82, 2.24) is 4.31 Å². The molecular weight excluding hydrogens is 446 g/mol. The lowest BCUT2D eigenvalue weighted by Gasteiger charge is -2.20. The number of aryl methyl sites for hydroxylation is 1. The molecule has 1 aliphatic rings. The van der Waals surface area contributed by atoms with Gasteiger partial charge in [-0.25, -0.2) is 8.42 Å². The van der Waals surface area contributed by atoms with Crippen LogP contribution in [0, 0.1) is 0 Å². The van der Waals surface area contributed by atoms with Crippen LogP contribution >= 0.6 is 0 Å². The van der Waals surface area contributed by atoms with Crippen LogP contribution in [-0.2, 0) is 27.7 Å². The molecule has 0 spiro atoms. The van der Waals surface area contributed by atoms with Gasteiger partial charge >= 0.3 is 5.97 Å². The third-order valence-electron chi connectivity index (χ3n) is 5.98. The van der Waals surface area contributed by atoms with Crippen LogP contribution < -0.4 is 4.74 Å². The van der Waals surface area contributed by atoms with Gasteiger partial charge in [0.05, 0.1) is 16.4 Å². The van der Waals surface area contributed by atoms with E-state index in [-0.39, 0.29) is 35.1 Å². The number of ketones is 1. The first kappa shape index (κ1) is 24.7. The number of phenols is 1. The molecule has 1 unspecified atom stereocenters. The lowest BCUT2D eigenvalue weighted by molar-refractivity contribution is -0.138. The molecule has 0 aliphatic heterocycles. The summed E-state index contributed by atoms with van der Waals surface area (Å²) >= 11 is 0. The highest BCUT2D eigenvalue weighted by Gasteiger charge is 2.31. The van der Waals surface area contributed by atoms with E-state index in [4.69, 9.17) is 4.74 Å². The second-order valence-corrected chi connectivity index (χ2v) is 10.3. The smallest absolute Gasteiger partial charge is 0.310 e. The molecule has 0 heterocycles. The van der Waals surface area contributed by atoms with E-state index in [1.165, 1.54) is 32.2 Å². The van der Waals surface area contributed by atoms with E-state index >= 15 is 0 Å². The van der Waals surface area contributed by atoms with Crippen LogP contribution in [-0.4, -0.2) is 54.9 Å². The van der Waals surface area contributed by atoms with Crippen molar-refractivity contribution in [2.24, 2.45) is 0 Å². The maximum Gasteiger partial charge on any atom is 0.310 e. The van der Waals surface area contributed by atoms with Crippen LogP contribution in [0.5, 0.6) is 11.5 Å². The number of Topliss-reactive ketones (excluding diaryl/α,β-unsaturated/α-hetero) is 1. The van der Waals surface area contributed by atoms with Gasteiger partial charge in [0.15, 0.2) is 5.78 Å². The summed E-state index contributed by atoms with van der Waals surface area (Å²) in [5.41, 5.74) is 2.17. The predicted molar refractivity (Wildman–Crippen MR) is 123 cm³/mol. The summed E-state index contributed by atoms with van der Waals surface area (Å²) in [6.07, 6.45) is 2.32. The number of carbonyl (C=O) groups excluding carboxylic acids is 1. The van der Waals surface area contributed by atoms with E-state index in [2.05, 4.69) is 0 Å². The van der Waals surface area contributed by atoms with Crippen LogP contribution in [0.3, 0.4) is 0 Å². The molecule has 0 saturated carbocycles. The number of carboxylic acids is 1. The second-order valence-electron chi connectivity index (χ2n) is 8.21. The zero-order valence-electron chi connectivity index (χ0n) is 19.0. The van der Waals surface area contributed by atoms with Crippen LogP contribution in [0.15, 0.2) is 35.2 Å². The molecule has 2 N–H and O–H groups in total. The highest BCUT2D eigenvalue weighted by atomic mass is 32.2. The molecule has 0 saturated heterocycles. The summed E-state index contributed by atoms with van der Waals surface area (Å²) in [5.74, 6) is -1.58. The molecule has 0 fully saturated rings. The molecular formula is C24H29NO7S. The number of hydrogen-bond acceptors (Lipinski definition) is 6. The third-order valence-corrected chi connectivity index (χ3v) is 7.84. The predicted octanol–water partition coefficient (Wildman–Crippen LogP) is 3.36. The number of hydrogen-bond donors (Lipinski definition) is 2. The van der Waals surface area contributed by atoms with Gasteiger partial charge in [0.2, 0.25) is 10.0 Å². The molecule has 0 amide bonds. The van der Waals surface area contributed by atoms with Crippen LogP contribution in [0.4, 0.5) is 0 Å². The first-order valence-electron chi connectivity index (χ1n) is 10.9. The topological polar surface area (TPSA) is 121 Å². The Morgan fingerprint density at radius 1 is 1.21 bits per heavy atom. The second kappa shape index (κ2) is 9.93. The number of likely N-dealkylation sites (N-methyl/N-ethyl adjacent to an activating group) is 1. The maximum atomic E-state index is 13.0. The van der Waals surface area contributed by atoms with Gasteiger partial charge in [0.25, 0.3) is 0 Å². The summed E-state index contributed by atoms with van der Waals surface area (Å²) in [6, 6.07) is 7.77. The number of sulfonamides is 1. The number of fused-ring (bicyclic) bond motifs is 1. The Hall–Kier alpha value is -2.91. The van der Waals surface area contributed by atoms with Crippen LogP contribution in [0.2, 0.25) is 0 Å². The number of benzene rings is 2. The molecule has 1 atom stereocenters. The molecule has 8 nitrogen and oxygen atoms in total. The quantitative estimate of drug-likeness (QED) is 0.505. The summed E-state index contributed by atoms with van der Waals surface area (Å²) in [7, 11) is -2.41. The third kappa shape index (κ3) is 5.04. The van der Waals surface area contributed by atoms with Crippen molar-refractivity contribution in [2.75, 3.05) is 20.2 Å². The number of carbonyl (C=O) groups is 2. The van der Waals surface area contributed by atoms with Crippen molar-refractivity contribution in [1.29, 1.82) is 0 Å². The van der Waals surface area contributed by atoms with Crippen molar-refractivity contribution in [3.8, 4) is 11.5 Å². The Morgan fingerprint density at radius 2 is 1.94 bits per heavy atom. The van der Waals surface area contributed by atoms with E-state index in [9.17, 15) is 28.2 Å². The highest BCUT2D eigenvalue weighted by molar-refractivity contribution is 7.89. The van der Waals surface area contributed by atoms with E-state index in [0.717, 1.165) is 16.3 Å². The molecule has 178 valence electrons. The number of rotatable bonds is 10. The molecule has 9 heteroatoms. The summed E-state index contributed by atoms with van der Waals surface area (Å²) in [4.78, 5) is 23.2. The number of aromatic hydroxyl groups is 1. The fraction of sp³-hybridized carbons (Fsp3) is 0.417. The molecule has 1 aliphatic carbocycles. The van der Waals surface area contributed by atoms with E-state index in [1.807, 2.05) is 6.92 Å². The summed E-state index contributed by atoms with van der Waals surface area (Å²) in [5, 5.41) is 19.8. The number of aliphatic carboxylic acids is 1. The Labute approximate surface area is 193 Å². The van der Waals surface area contributed by atoms with Crippen LogP contribution in [0.1, 0.15) is 59.7 Å².